The predicted octanol–water partition coefficient (Wildman–Crippen LogP) is 2.33. The van der Waals surface area contributed by atoms with Crippen molar-refractivity contribution in [3.05, 3.63) is 53.1 Å². The highest BCUT2D eigenvalue weighted by Crippen LogP contribution is 2.47. The molecule has 1 aromatic heterocycles. The van der Waals surface area contributed by atoms with Crippen LogP contribution in [0, 0.1) is 12.7 Å². The highest BCUT2D eigenvalue weighted by Gasteiger charge is 2.44. The molecule has 1 aliphatic rings. The van der Waals surface area contributed by atoms with Gasteiger partial charge in [-0.1, -0.05) is 12.1 Å². The van der Waals surface area contributed by atoms with Crippen LogP contribution in [0.25, 0.3) is 0 Å². The van der Waals surface area contributed by atoms with Crippen LogP contribution >= 0.6 is 0 Å². The van der Waals surface area contributed by atoms with Crippen LogP contribution in [-0.4, -0.2) is 22.2 Å². The van der Waals surface area contributed by atoms with E-state index in [1.54, 1.807) is 17.8 Å². The first-order chi connectivity index (χ1) is 10.00. The first-order valence-electron chi connectivity index (χ1n) is 7.05. The number of benzene rings is 1. The quantitative estimate of drug-likeness (QED) is 0.938. The predicted molar refractivity (Wildman–Crippen MR) is 77.6 cm³/mol. The summed E-state index contributed by atoms with van der Waals surface area (Å²) >= 11 is 0. The number of rotatable bonds is 4. The first kappa shape index (κ1) is 13.8. The Bertz CT molecular complexity index is 671. The lowest BCUT2D eigenvalue weighted by Crippen LogP contribution is -2.33. The van der Waals surface area contributed by atoms with Crippen molar-refractivity contribution < 1.29 is 9.18 Å². The summed E-state index contributed by atoms with van der Waals surface area (Å²) < 4.78 is 14.6. The van der Waals surface area contributed by atoms with Crippen LogP contribution in [0.1, 0.15) is 34.6 Å². The van der Waals surface area contributed by atoms with E-state index < -0.39 is 0 Å². The lowest BCUT2D eigenvalue weighted by Gasteiger charge is -2.16. The topological polar surface area (TPSA) is 46.9 Å². The van der Waals surface area contributed by atoms with E-state index in [-0.39, 0.29) is 17.1 Å². The molecule has 1 N–H and O–H groups in total. The van der Waals surface area contributed by atoms with Crippen molar-refractivity contribution in [3.8, 4) is 0 Å². The summed E-state index contributed by atoms with van der Waals surface area (Å²) in [7, 11) is 1.76. The van der Waals surface area contributed by atoms with Gasteiger partial charge in [-0.05, 0) is 43.5 Å². The Labute approximate surface area is 123 Å². The second-order valence-corrected chi connectivity index (χ2v) is 5.76. The van der Waals surface area contributed by atoms with Gasteiger partial charge in [-0.25, -0.2) is 4.39 Å². The van der Waals surface area contributed by atoms with Crippen molar-refractivity contribution in [2.45, 2.75) is 25.2 Å². The zero-order valence-electron chi connectivity index (χ0n) is 12.2. The third-order valence-electron chi connectivity index (χ3n) is 4.13. The monoisotopic (exact) mass is 287 g/mol. The van der Waals surface area contributed by atoms with E-state index >= 15 is 0 Å². The summed E-state index contributed by atoms with van der Waals surface area (Å²) in [6.07, 6.45) is 2.03. The lowest BCUT2D eigenvalue weighted by atomic mass is 9.96. The molecule has 1 fully saturated rings. The molecular weight excluding hydrogens is 269 g/mol. The third-order valence-corrected chi connectivity index (χ3v) is 4.13. The molecule has 1 heterocycles. The molecule has 4 nitrogen and oxygen atoms in total. The van der Waals surface area contributed by atoms with E-state index in [0.29, 0.717) is 12.2 Å². The number of carbonyl (C=O) groups is 1. The molecule has 0 aliphatic heterocycles. The molecule has 5 heteroatoms. The molecular formula is C16H18FN3O. The largest absolute Gasteiger partial charge is 0.350 e. The van der Waals surface area contributed by atoms with E-state index in [4.69, 9.17) is 0 Å². The van der Waals surface area contributed by atoms with Gasteiger partial charge < -0.3 is 5.32 Å². The van der Waals surface area contributed by atoms with Crippen LogP contribution in [0.3, 0.4) is 0 Å². The van der Waals surface area contributed by atoms with Gasteiger partial charge in [-0.15, -0.1) is 0 Å². The van der Waals surface area contributed by atoms with Crippen molar-refractivity contribution >= 4 is 5.91 Å². The Morgan fingerprint density at radius 1 is 1.38 bits per heavy atom. The molecule has 1 amide bonds. The SMILES string of the molecule is Cc1cc(C(=O)NCC2(c3ccc(F)cc3)CC2)n(C)n1. The number of hydrogen-bond donors (Lipinski definition) is 1. The molecule has 0 bridgehead atoms. The lowest BCUT2D eigenvalue weighted by molar-refractivity contribution is 0.0940. The molecule has 0 saturated heterocycles. The maximum Gasteiger partial charge on any atom is 0.269 e. The van der Waals surface area contributed by atoms with Gasteiger partial charge in [0, 0.05) is 19.0 Å². The Hall–Kier alpha value is -2.17. The molecule has 0 radical (unpaired) electrons. The molecule has 1 saturated carbocycles. The number of aromatic nitrogens is 2. The zero-order chi connectivity index (χ0) is 15.0. The van der Waals surface area contributed by atoms with E-state index in [0.717, 1.165) is 24.1 Å². The highest BCUT2D eigenvalue weighted by atomic mass is 19.1. The van der Waals surface area contributed by atoms with Gasteiger partial charge in [-0.2, -0.15) is 5.10 Å². The van der Waals surface area contributed by atoms with Crippen LogP contribution in [0.15, 0.2) is 30.3 Å². The summed E-state index contributed by atoms with van der Waals surface area (Å²) in [5, 5.41) is 7.15. The second-order valence-electron chi connectivity index (χ2n) is 5.76. The highest BCUT2D eigenvalue weighted by molar-refractivity contribution is 5.92. The van der Waals surface area contributed by atoms with Gasteiger partial charge >= 0.3 is 0 Å². The molecule has 110 valence electrons. The van der Waals surface area contributed by atoms with Crippen LogP contribution < -0.4 is 5.32 Å². The van der Waals surface area contributed by atoms with Crippen LogP contribution in [0.2, 0.25) is 0 Å². The molecule has 0 spiro atoms. The molecule has 21 heavy (non-hydrogen) atoms. The minimum Gasteiger partial charge on any atom is -0.350 e. The van der Waals surface area contributed by atoms with Crippen molar-refractivity contribution in [1.29, 1.82) is 0 Å². The fourth-order valence-electron chi connectivity index (χ4n) is 2.68. The normalized spacial score (nSPS) is 15.8. The standard InChI is InChI=1S/C16H18FN3O/c1-11-9-14(20(2)19-11)15(21)18-10-16(7-8-16)12-3-5-13(17)6-4-12/h3-6,9H,7-8,10H2,1-2H3,(H,18,21). The summed E-state index contributed by atoms with van der Waals surface area (Å²) in [5.74, 6) is -0.351. The Morgan fingerprint density at radius 3 is 2.57 bits per heavy atom. The van der Waals surface area contributed by atoms with Crippen LogP contribution in [0.5, 0.6) is 0 Å². The molecule has 1 aliphatic carbocycles. The first-order valence-corrected chi connectivity index (χ1v) is 7.05. The number of halogens is 1. The number of carbonyl (C=O) groups excluding carboxylic acids is 1. The fraction of sp³-hybridized carbons (Fsp3) is 0.375. The summed E-state index contributed by atoms with van der Waals surface area (Å²) in [6.45, 7) is 2.43. The summed E-state index contributed by atoms with van der Waals surface area (Å²) in [5.41, 5.74) is 2.44. The Morgan fingerprint density at radius 2 is 2.05 bits per heavy atom. The van der Waals surface area contributed by atoms with Gasteiger partial charge in [0.15, 0.2) is 0 Å². The molecule has 3 rings (SSSR count). The van der Waals surface area contributed by atoms with Gasteiger partial charge in [0.25, 0.3) is 5.91 Å². The maximum atomic E-state index is 13.0. The minimum absolute atomic E-state index is 0.0308. The fourth-order valence-corrected chi connectivity index (χ4v) is 2.68. The van der Waals surface area contributed by atoms with E-state index in [9.17, 15) is 9.18 Å². The molecule has 0 atom stereocenters. The summed E-state index contributed by atoms with van der Waals surface area (Å²) in [4.78, 5) is 12.2. The Balaban J connectivity index is 1.68. The molecule has 2 aromatic rings. The maximum absolute atomic E-state index is 13.0. The Kier molecular flexibility index (Phi) is 3.27. The molecule has 1 aromatic carbocycles. The van der Waals surface area contributed by atoms with E-state index in [1.807, 2.05) is 19.1 Å². The van der Waals surface area contributed by atoms with Crippen LogP contribution in [-0.2, 0) is 12.5 Å². The average molecular weight is 287 g/mol. The van der Waals surface area contributed by atoms with Gasteiger partial charge in [-0.3, -0.25) is 9.48 Å². The van der Waals surface area contributed by atoms with Gasteiger partial charge in [0.05, 0.1) is 5.69 Å². The van der Waals surface area contributed by atoms with Crippen molar-refractivity contribution in [2.75, 3.05) is 6.54 Å². The minimum atomic E-state index is -0.232. The van der Waals surface area contributed by atoms with Crippen molar-refractivity contribution in [2.24, 2.45) is 7.05 Å². The average Bonchev–Trinajstić information content (AvgIpc) is 3.16. The zero-order valence-corrected chi connectivity index (χ0v) is 12.2. The molecule has 0 unspecified atom stereocenters. The summed E-state index contributed by atoms with van der Waals surface area (Å²) in [6, 6.07) is 8.33. The number of hydrogen-bond acceptors (Lipinski definition) is 2. The van der Waals surface area contributed by atoms with Crippen molar-refractivity contribution in [3.63, 3.8) is 0 Å². The van der Waals surface area contributed by atoms with Crippen molar-refractivity contribution in [1.82, 2.24) is 15.1 Å². The third kappa shape index (κ3) is 2.68. The van der Waals surface area contributed by atoms with Crippen LogP contribution in [0.4, 0.5) is 4.39 Å². The van der Waals surface area contributed by atoms with Gasteiger partial charge in [0.2, 0.25) is 0 Å². The number of nitrogens with one attached hydrogen (secondary N) is 1. The van der Waals surface area contributed by atoms with E-state index in [1.165, 1.54) is 12.1 Å². The number of amides is 1. The van der Waals surface area contributed by atoms with E-state index in [2.05, 4.69) is 10.4 Å². The number of aryl methyl sites for hydroxylation is 2. The smallest absolute Gasteiger partial charge is 0.269 e. The second kappa shape index (κ2) is 4.98. The van der Waals surface area contributed by atoms with Gasteiger partial charge in [0.1, 0.15) is 11.5 Å². The number of nitrogens with zero attached hydrogens (tertiary/aromatic N) is 2.